The molecule has 1 aromatic heterocycles. The molecule has 0 saturated carbocycles. The number of fused-ring (bicyclic) bond motifs is 1. The Morgan fingerprint density at radius 3 is 2.32 bits per heavy atom. The Balaban J connectivity index is 1.97. The van der Waals surface area contributed by atoms with E-state index in [2.05, 4.69) is 0 Å². The predicted molar refractivity (Wildman–Crippen MR) is 76.1 cm³/mol. The van der Waals surface area contributed by atoms with Crippen LogP contribution in [-0.4, -0.2) is 8.42 Å². The molecule has 19 heavy (non-hydrogen) atoms. The van der Waals surface area contributed by atoms with Gasteiger partial charge < -0.3 is 4.18 Å². The highest BCUT2D eigenvalue weighted by atomic mass is 32.2. The second kappa shape index (κ2) is 4.68. The van der Waals surface area contributed by atoms with Crippen molar-refractivity contribution in [2.75, 3.05) is 0 Å². The van der Waals surface area contributed by atoms with Crippen LogP contribution < -0.4 is 4.18 Å². The van der Waals surface area contributed by atoms with Crippen LogP contribution in [0.3, 0.4) is 0 Å². The molecule has 0 bridgehead atoms. The number of thiophene rings is 1. The maximum atomic E-state index is 12.1. The molecule has 0 aliphatic heterocycles. The van der Waals surface area contributed by atoms with E-state index in [1.165, 1.54) is 23.5 Å². The van der Waals surface area contributed by atoms with Crippen molar-refractivity contribution in [2.45, 2.75) is 4.90 Å². The lowest BCUT2D eigenvalue weighted by atomic mass is 10.3. The highest BCUT2D eigenvalue weighted by Gasteiger charge is 2.17. The van der Waals surface area contributed by atoms with Gasteiger partial charge in [0.05, 0.1) is 0 Å². The average Bonchev–Trinajstić information content (AvgIpc) is 2.81. The first kappa shape index (κ1) is 12.2. The summed E-state index contributed by atoms with van der Waals surface area (Å²) in [5.41, 5.74) is 0. The third kappa shape index (κ3) is 2.47. The number of hydrogen-bond donors (Lipinski definition) is 0. The number of hydrogen-bond acceptors (Lipinski definition) is 4. The Morgan fingerprint density at radius 2 is 1.58 bits per heavy atom. The molecule has 96 valence electrons. The molecule has 0 aliphatic rings. The minimum Gasteiger partial charge on any atom is -0.368 e. The van der Waals surface area contributed by atoms with E-state index in [4.69, 9.17) is 4.18 Å². The van der Waals surface area contributed by atoms with Crippen LogP contribution in [0, 0.1) is 0 Å². The molecule has 0 amide bonds. The summed E-state index contributed by atoms with van der Waals surface area (Å²) in [4.78, 5) is 0.160. The van der Waals surface area contributed by atoms with E-state index >= 15 is 0 Å². The molecule has 0 unspecified atom stereocenters. The van der Waals surface area contributed by atoms with Gasteiger partial charge in [0.15, 0.2) is 5.06 Å². The van der Waals surface area contributed by atoms with Gasteiger partial charge in [0.1, 0.15) is 4.90 Å². The van der Waals surface area contributed by atoms with Crippen molar-refractivity contribution in [1.29, 1.82) is 0 Å². The molecular weight excluding hydrogens is 280 g/mol. The molecule has 2 aromatic carbocycles. The van der Waals surface area contributed by atoms with Crippen molar-refractivity contribution in [2.24, 2.45) is 0 Å². The summed E-state index contributed by atoms with van der Waals surface area (Å²) < 4.78 is 30.3. The van der Waals surface area contributed by atoms with Crippen molar-refractivity contribution in [3.63, 3.8) is 0 Å². The van der Waals surface area contributed by atoms with E-state index in [0.717, 1.165) is 10.1 Å². The number of benzene rings is 2. The predicted octanol–water partition coefficient (Wildman–Crippen LogP) is 3.67. The zero-order valence-corrected chi connectivity index (χ0v) is 11.4. The summed E-state index contributed by atoms with van der Waals surface area (Å²) in [7, 11) is -3.75. The van der Waals surface area contributed by atoms with Crippen LogP contribution in [0.1, 0.15) is 0 Å². The molecule has 3 nitrogen and oxygen atoms in total. The zero-order chi connectivity index (χ0) is 13.3. The standard InChI is InChI=1S/C14H10O3S2/c15-19(16,12-7-2-1-3-8-12)17-14-10-11-6-4-5-9-13(11)18-14/h1-10H. The average molecular weight is 290 g/mol. The fourth-order valence-electron chi connectivity index (χ4n) is 1.74. The molecule has 0 saturated heterocycles. The van der Waals surface area contributed by atoms with Crippen LogP contribution in [0.5, 0.6) is 5.06 Å². The largest absolute Gasteiger partial charge is 0.368 e. The van der Waals surface area contributed by atoms with E-state index < -0.39 is 10.1 Å². The smallest absolute Gasteiger partial charge is 0.339 e. The molecule has 5 heteroatoms. The second-order valence-electron chi connectivity index (χ2n) is 3.95. The van der Waals surface area contributed by atoms with Gasteiger partial charge in [-0.15, -0.1) is 0 Å². The van der Waals surface area contributed by atoms with Crippen molar-refractivity contribution >= 4 is 31.5 Å². The lowest BCUT2D eigenvalue weighted by molar-refractivity contribution is 0.492. The van der Waals surface area contributed by atoms with Crippen LogP contribution in [0.2, 0.25) is 0 Å². The van der Waals surface area contributed by atoms with Crippen molar-refractivity contribution in [1.82, 2.24) is 0 Å². The Morgan fingerprint density at radius 1 is 0.895 bits per heavy atom. The van der Waals surface area contributed by atoms with E-state index in [1.807, 2.05) is 24.3 Å². The summed E-state index contributed by atoms with van der Waals surface area (Å²) in [6.07, 6.45) is 0. The fraction of sp³-hybridized carbons (Fsp3) is 0. The first-order valence-corrected chi connectivity index (χ1v) is 7.86. The molecule has 3 aromatic rings. The Bertz CT molecular complexity index is 772. The van der Waals surface area contributed by atoms with E-state index in [1.54, 1.807) is 24.3 Å². The van der Waals surface area contributed by atoms with Crippen LogP contribution in [0.25, 0.3) is 10.1 Å². The lowest BCUT2D eigenvalue weighted by Crippen LogP contribution is -2.08. The van der Waals surface area contributed by atoms with Gasteiger partial charge in [-0.05, 0) is 23.6 Å². The number of rotatable bonds is 3. The van der Waals surface area contributed by atoms with Crippen LogP contribution in [-0.2, 0) is 10.1 Å². The topological polar surface area (TPSA) is 43.4 Å². The minimum atomic E-state index is -3.75. The van der Waals surface area contributed by atoms with E-state index in [-0.39, 0.29) is 4.90 Å². The molecule has 1 heterocycles. The SMILES string of the molecule is O=S(=O)(Oc1cc2ccccc2s1)c1ccccc1. The van der Waals surface area contributed by atoms with E-state index in [0.29, 0.717) is 5.06 Å². The summed E-state index contributed by atoms with van der Waals surface area (Å²) in [5.74, 6) is 0. The third-order valence-corrected chi connectivity index (χ3v) is 4.97. The van der Waals surface area contributed by atoms with Gasteiger partial charge in [0.2, 0.25) is 0 Å². The van der Waals surface area contributed by atoms with Crippen LogP contribution in [0.4, 0.5) is 0 Å². The summed E-state index contributed by atoms with van der Waals surface area (Å²) >= 11 is 1.32. The fourth-order valence-corrected chi connectivity index (χ4v) is 3.79. The summed E-state index contributed by atoms with van der Waals surface area (Å²) in [6.45, 7) is 0. The van der Waals surface area contributed by atoms with Gasteiger partial charge >= 0.3 is 10.1 Å². The monoisotopic (exact) mass is 290 g/mol. The molecule has 0 radical (unpaired) electrons. The Hall–Kier alpha value is -1.85. The summed E-state index contributed by atoms with van der Waals surface area (Å²) in [5, 5.41) is 1.36. The van der Waals surface area contributed by atoms with E-state index in [9.17, 15) is 8.42 Å². The first-order valence-electron chi connectivity index (χ1n) is 5.63. The van der Waals surface area contributed by atoms with Gasteiger partial charge in [-0.25, -0.2) is 0 Å². The van der Waals surface area contributed by atoms with Gasteiger partial charge in [-0.3, -0.25) is 0 Å². The Labute approximate surface area is 115 Å². The van der Waals surface area contributed by atoms with Gasteiger partial charge in [0.25, 0.3) is 0 Å². The molecule has 0 atom stereocenters. The summed E-state index contributed by atoms with van der Waals surface area (Å²) in [6, 6.07) is 17.5. The van der Waals surface area contributed by atoms with Crippen molar-refractivity contribution in [3.8, 4) is 5.06 Å². The normalized spacial score (nSPS) is 11.6. The zero-order valence-electron chi connectivity index (χ0n) is 9.81. The maximum Gasteiger partial charge on any atom is 0.339 e. The Kier molecular flexibility index (Phi) is 3.00. The van der Waals surface area contributed by atoms with Crippen LogP contribution in [0.15, 0.2) is 65.6 Å². The lowest BCUT2D eigenvalue weighted by Gasteiger charge is -2.03. The molecule has 0 fully saturated rings. The molecule has 0 N–H and O–H groups in total. The first-order chi connectivity index (χ1) is 9.15. The molecule has 3 rings (SSSR count). The molecular formula is C14H10O3S2. The van der Waals surface area contributed by atoms with Gasteiger partial charge in [-0.2, -0.15) is 8.42 Å². The maximum absolute atomic E-state index is 12.1. The molecule has 0 aliphatic carbocycles. The van der Waals surface area contributed by atoms with Crippen LogP contribution >= 0.6 is 11.3 Å². The second-order valence-corrected chi connectivity index (χ2v) is 6.55. The van der Waals surface area contributed by atoms with Gasteiger partial charge in [0, 0.05) is 10.8 Å². The highest BCUT2D eigenvalue weighted by Crippen LogP contribution is 2.33. The van der Waals surface area contributed by atoms with Crippen molar-refractivity contribution < 1.29 is 12.6 Å². The minimum absolute atomic E-state index is 0.160. The van der Waals surface area contributed by atoms with Gasteiger partial charge in [-0.1, -0.05) is 47.7 Å². The highest BCUT2D eigenvalue weighted by molar-refractivity contribution is 7.87. The third-order valence-electron chi connectivity index (χ3n) is 2.63. The quantitative estimate of drug-likeness (QED) is 0.691. The van der Waals surface area contributed by atoms with Crippen molar-refractivity contribution in [3.05, 3.63) is 60.7 Å². The molecule has 0 spiro atoms.